The first-order chi connectivity index (χ1) is 6.85. The maximum Gasteiger partial charge on any atom is 0.0593 e. The molecular weight excluding hydrogens is 174 g/mol. The van der Waals surface area contributed by atoms with Crippen LogP contribution in [0.4, 0.5) is 0 Å². The first kappa shape index (κ1) is 16.4. The molecule has 0 amide bonds. The van der Waals surface area contributed by atoms with Crippen molar-refractivity contribution < 1.29 is 4.74 Å². The Hall–Kier alpha value is -0.0800. The number of rotatable bonds is 1. The van der Waals surface area contributed by atoms with Gasteiger partial charge in [0.1, 0.15) is 0 Å². The van der Waals surface area contributed by atoms with Crippen molar-refractivity contribution in [2.24, 2.45) is 0 Å². The van der Waals surface area contributed by atoms with Crippen molar-refractivity contribution in [3.63, 3.8) is 0 Å². The van der Waals surface area contributed by atoms with Gasteiger partial charge < -0.3 is 9.64 Å². The highest BCUT2D eigenvalue weighted by molar-refractivity contribution is 4.57. The summed E-state index contributed by atoms with van der Waals surface area (Å²) in [5.41, 5.74) is 0. The lowest BCUT2D eigenvalue weighted by Gasteiger charge is -2.14. The molecule has 0 bridgehead atoms. The number of ether oxygens (including phenoxy) is 1. The molecule has 0 N–H and O–H groups in total. The van der Waals surface area contributed by atoms with Crippen molar-refractivity contribution in [3.05, 3.63) is 0 Å². The Kier molecular flexibility index (Phi) is 18.0. The lowest BCUT2D eigenvalue weighted by Crippen LogP contribution is -2.25. The highest BCUT2D eigenvalue weighted by atomic mass is 16.5. The first-order valence-corrected chi connectivity index (χ1v) is 6.15. The van der Waals surface area contributed by atoms with Crippen molar-refractivity contribution in [3.8, 4) is 0 Å². The second-order valence-electron chi connectivity index (χ2n) is 3.11. The number of nitrogens with zero attached hydrogens (tertiary/aromatic N) is 1. The van der Waals surface area contributed by atoms with Gasteiger partial charge in [0.15, 0.2) is 0 Å². The molecule has 0 aromatic carbocycles. The van der Waals surface area contributed by atoms with Gasteiger partial charge in [-0.1, -0.05) is 41.0 Å². The minimum atomic E-state index is 0.924. The molecule has 0 aromatic rings. The Morgan fingerprint density at radius 1 is 1.00 bits per heavy atom. The molecule has 2 heteroatoms. The molecule has 1 saturated heterocycles. The van der Waals surface area contributed by atoms with E-state index in [4.69, 9.17) is 4.74 Å². The number of hydrogen-bond donors (Lipinski definition) is 0. The van der Waals surface area contributed by atoms with Gasteiger partial charge in [-0.25, -0.2) is 0 Å². The SMILES string of the molecule is CC.CCC.CCN1CCCOCC1. The van der Waals surface area contributed by atoms with Gasteiger partial charge in [0, 0.05) is 19.7 Å². The molecule has 1 aliphatic heterocycles. The quantitative estimate of drug-likeness (QED) is 0.649. The zero-order valence-corrected chi connectivity index (χ0v) is 10.8. The van der Waals surface area contributed by atoms with Crippen molar-refractivity contribution in [2.75, 3.05) is 32.8 Å². The third-order valence-electron chi connectivity index (χ3n) is 1.76. The molecule has 0 unspecified atom stereocenters. The Balaban J connectivity index is 0. The van der Waals surface area contributed by atoms with Crippen LogP contribution in [0.15, 0.2) is 0 Å². The maximum atomic E-state index is 5.28. The van der Waals surface area contributed by atoms with Crippen LogP contribution in [-0.4, -0.2) is 37.7 Å². The van der Waals surface area contributed by atoms with E-state index in [2.05, 4.69) is 25.7 Å². The predicted octanol–water partition coefficient (Wildman–Crippen LogP) is 3.17. The molecule has 1 aliphatic rings. The van der Waals surface area contributed by atoms with E-state index in [-0.39, 0.29) is 0 Å². The molecule has 0 aliphatic carbocycles. The molecule has 0 radical (unpaired) electrons. The molecule has 1 heterocycles. The van der Waals surface area contributed by atoms with Crippen LogP contribution in [0, 0.1) is 0 Å². The smallest absolute Gasteiger partial charge is 0.0593 e. The highest BCUT2D eigenvalue weighted by Gasteiger charge is 2.04. The largest absolute Gasteiger partial charge is 0.380 e. The summed E-state index contributed by atoms with van der Waals surface area (Å²) in [5.74, 6) is 0. The zero-order chi connectivity index (χ0) is 11.2. The van der Waals surface area contributed by atoms with Crippen molar-refractivity contribution in [1.82, 2.24) is 4.90 Å². The standard InChI is InChI=1S/C7H15NO.C3H8.C2H6/c1-2-8-4-3-6-9-7-5-8;1-3-2;1-2/h2-7H2,1H3;3H2,1-2H3;1-2H3. The fraction of sp³-hybridized carbons (Fsp3) is 1.00. The monoisotopic (exact) mass is 203 g/mol. The van der Waals surface area contributed by atoms with Crippen LogP contribution in [0.1, 0.15) is 47.5 Å². The third kappa shape index (κ3) is 11.9. The number of hydrogen-bond acceptors (Lipinski definition) is 2. The summed E-state index contributed by atoms with van der Waals surface area (Å²) in [6.07, 6.45) is 2.45. The average molecular weight is 203 g/mol. The van der Waals surface area contributed by atoms with Gasteiger partial charge in [-0.3, -0.25) is 0 Å². The fourth-order valence-corrected chi connectivity index (χ4v) is 1.11. The van der Waals surface area contributed by atoms with Gasteiger partial charge in [-0.05, 0) is 13.0 Å². The number of likely N-dealkylation sites (N-methyl/N-ethyl adjacent to an activating group) is 1. The molecule has 0 spiro atoms. The molecule has 0 saturated carbocycles. The van der Waals surface area contributed by atoms with E-state index in [0.717, 1.165) is 19.8 Å². The molecule has 0 aromatic heterocycles. The fourth-order valence-electron chi connectivity index (χ4n) is 1.11. The molecule has 2 nitrogen and oxygen atoms in total. The highest BCUT2D eigenvalue weighted by Crippen LogP contribution is 1.96. The second-order valence-corrected chi connectivity index (χ2v) is 3.11. The van der Waals surface area contributed by atoms with Gasteiger partial charge in [-0.2, -0.15) is 0 Å². The van der Waals surface area contributed by atoms with Crippen molar-refractivity contribution >= 4 is 0 Å². The van der Waals surface area contributed by atoms with E-state index in [0.29, 0.717) is 0 Å². The van der Waals surface area contributed by atoms with E-state index in [1.807, 2.05) is 13.8 Å². The van der Waals surface area contributed by atoms with Gasteiger partial charge >= 0.3 is 0 Å². The summed E-state index contributed by atoms with van der Waals surface area (Å²) in [4.78, 5) is 2.42. The average Bonchev–Trinajstić information content (AvgIpc) is 2.50. The van der Waals surface area contributed by atoms with Crippen LogP contribution in [0.2, 0.25) is 0 Å². The lowest BCUT2D eigenvalue weighted by molar-refractivity contribution is 0.142. The van der Waals surface area contributed by atoms with Gasteiger partial charge in [-0.15, -0.1) is 0 Å². The van der Waals surface area contributed by atoms with Crippen LogP contribution >= 0.6 is 0 Å². The van der Waals surface area contributed by atoms with E-state index in [1.165, 1.54) is 25.9 Å². The summed E-state index contributed by atoms with van der Waals surface area (Å²) >= 11 is 0. The first-order valence-electron chi connectivity index (χ1n) is 6.15. The maximum absolute atomic E-state index is 5.28. The summed E-state index contributed by atoms with van der Waals surface area (Å²) in [6, 6.07) is 0. The van der Waals surface area contributed by atoms with E-state index in [9.17, 15) is 0 Å². The summed E-state index contributed by atoms with van der Waals surface area (Å²) in [6.45, 7) is 15.8. The molecule has 0 atom stereocenters. The van der Waals surface area contributed by atoms with Crippen LogP contribution in [0.25, 0.3) is 0 Å². The van der Waals surface area contributed by atoms with E-state index in [1.54, 1.807) is 0 Å². The molecule has 1 rings (SSSR count). The Morgan fingerprint density at radius 3 is 2.07 bits per heavy atom. The summed E-state index contributed by atoms with van der Waals surface area (Å²) in [7, 11) is 0. The van der Waals surface area contributed by atoms with Crippen molar-refractivity contribution in [2.45, 2.75) is 47.5 Å². The second kappa shape index (κ2) is 15.4. The molecule has 88 valence electrons. The van der Waals surface area contributed by atoms with E-state index < -0.39 is 0 Å². The summed E-state index contributed by atoms with van der Waals surface area (Å²) < 4.78 is 5.28. The molecule has 14 heavy (non-hydrogen) atoms. The Morgan fingerprint density at radius 2 is 1.57 bits per heavy atom. The molecular formula is C12H29NO. The topological polar surface area (TPSA) is 12.5 Å². The Bertz CT molecular complexity index is 78.4. The normalized spacial score (nSPS) is 16.9. The third-order valence-corrected chi connectivity index (χ3v) is 1.76. The minimum absolute atomic E-state index is 0.924. The summed E-state index contributed by atoms with van der Waals surface area (Å²) in [5, 5.41) is 0. The van der Waals surface area contributed by atoms with Gasteiger partial charge in [0.2, 0.25) is 0 Å². The van der Waals surface area contributed by atoms with Crippen LogP contribution in [0.3, 0.4) is 0 Å². The van der Waals surface area contributed by atoms with Gasteiger partial charge in [0.25, 0.3) is 0 Å². The molecule has 1 fully saturated rings. The van der Waals surface area contributed by atoms with Crippen molar-refractivity contribution in [1.29, 1.82) is 0 Å². The Labute approximate surface area is 90.6 Å². The zero-order valence-electron chi connectivity index (χ0n) is 10.8. The van der Waals surface area contributed by atoms with Crippen LogP contribution in [0.5, 0.6) is 0 Å². The minimum Gasteiger partial charge on any atom is -0.380 e. The predicted molar refractivity (Wildman–Crippen MR) is 64.9 cm³/mol. The van der Waals surface area contributed by atoms with E-state index >= 15 is 0 Å². The lowest BCUT2D eigenvalue weighted by atomic mass is 10.4. The van der Waals surface area contributed by atoms with Crippen LogP contribution in [-0.2, 0) is 4.74 Å². The van der Waals surface area contributed by atoms with Gasteiger partial charge in [0.05, 0.1) is 6.61 Å². The van der Waals surface area contributed by atoms with Crippen LogP contribution < -0.4 is 0 Å².